The summed E-state index contributed by atoms with van der Waals surface area (Å²) in [4.78, 5) is 0. The van der Waals surface area contributed by atoms with Gasteiger partial charge in [-0.25, -0.2) is 8.78 Å². The third-order valence-electron chi connectivity index (χ3n) is 2.52. The van der Waals surface area contributed by atoms with Gasteiger partial charge in [-0.15, -0.1) is 0 Å². The fourth-order valence-electron chi connectivity index (χ4n) is 1.57. The summed E-state index contributed by atoms with van der Waals surface area (Å²) < 4.78 is 26.8. The Morgan fingerprint density at radius 3 is 2.62 bits per heavy atom. The quantitative estimate of drug-likeness (QED) is 0.570. The lowest BCUT2D eigenvalue weighted by molar-refractivity contribution is 0.0974. The van der Waals surface area contributed by atoms with Gasteiger partial charge in [0, 0.05) is 18.7 Å². The molecule has 0 spiro atoms. The van der Waals surface area contributed by atoms with Crippen LogP contribution < -0.4 is 11.3 Å². The molecule has 6 heteroatoms. The van der Waals surface area contributed by atoms with Crippen molar-refractivity contribution in [3.8, 4) is 0 Å². The van der Waals surface area contributed by atoms with Crippen LogP contribution in [-0.4, -0.2) is 22.2 Å². The van der Waals surface area contributed by atoms with Crippen molar-refractivity contribution in [2.75, 3.05) is 0 Å². The van der Waals surface area contributed by atoms with E-state index in [2.05, 4.69) is 10.5 Å². The predicted molar refractivity (Wildman–Crippen MR) is 58.1 cm³/mol. The summed E-state index contributed by atoms with van der Waals surface area (Å²) in [5.41, 5.74) is 3.85. The van der Waals surface area contributed by atoms with Gasteiger partial charge in [0.05, 0.1) is 11.7 Å². The zero-order chi connectivity index (χ0) is 12.1. The normalized spacial score (nSPS) is 13.4. The lowest BCUT2D eigenvalue weighted by Crippen LogP contribution is -2.42. The van der Waals surface area contributed by atoms with Gasteiger partial charge in [-0.3, -0.25) is 16.0 Å². The van der Waals surface area contributed by atoms with E-state index in [4.69, 9.17) is 5.84 Å². The zero-order valence-electron chi connectivity index (χ0n) is 9.58. The Morgan fingerprint density at radius 2 is 2.19 bits per heavy atom. The van der Waals surface area contributed by atoms with Gasteiger partial charge in [-0.05, 0) is 19.4 Å². The third-order valence-corrected chi connectivity index (χ3v) is 2.52. The molecule has 0 amide bonds. The van der Waals surface area contributed by atoms with E-state index in [1.165, 1.54) is 0 Å². The number of nitrogens with one attached hydrogen (secondary N) is 1. The Labute approximate surface area is 93.8 Å². The number of hydrazine groups is 1. The number of alkyl halides is 2. The smallest absolute Gasteiger partial charge is 0.255 e. The minimum Gasteiger partial charge on any atom is -0.271 e. The van der Waals surface area contributed by atoms with Crippen LogP contribution in [0.5, 0.6) is 0 Å². The van der Waals surface area contributed by atoms with Crippen molar-refractivity contribution >= 4 is 0 Å². The van der Waals surface area contributed by atoms with E-state index in [0.29, 0.717) is 6.54 Å². The summed E-state index contributed by atoms with van der Waals surface area (Å²) in [6, 6.07) is 0.836. The number of aryl methyl sites for hydroxylation is 2. The minimum absolute atomic E-state index is 0.189. The van der Waals surface area contributed by atoms with Crippen LogP contribution in [0.1, 0.15) is 25.2 Å². The molecule has 1 rings (SSSR count). The summed E-state index contributed by atoms with van der Waals surface area (Å²) in [6.07, 6.45) is -1.49. The lowest BCUT2D eigenvalue weighted by atomic mass is 10.1. The largest absolute Gasteiger partial charge is 0.271 e. The second-order valence-electron chi connectivity index (χ2n) is 3.61. The number of halogens is 2. The molecule has 0 aliphatic carbocycles. The summed E-state index contributed by atoms with van der Waals surface area (Å²) >= 11 is 0. The van der Waals surface area contributed by atoms with Gasteiger partial charge in [-0.1, -0.05) is 6.92 Å². The van der Waals surface area contributed by atoms with E-state index in [9.17, 15) is 8.78 Å². The molecule has 3 N–H and O–H groups in total. The molecule has 0 aromatic carbocycles. The molecule has 0 radical (unpaired) electrons. The number of aromatic nitrogens is 2. The predicted octanol–water partition coefficient (Wildman–Crippen LogP) is 1.10. The molecule has 4 nitrogen and oxygen atoms in total. The van der Waals surface area contributed by atoms with Gasteiger partial charge in [-0.2, -0.15) is 5.10 Å². The first-order chi connectivity index (χ1) is 7.62. The van der Waals surface area contributed by atoms with E-state index in [1.807, 2.05) is 19.9 Å². The van der Waals surface area contributed by atoms with Crippen LogP contribution in [-0.2, 0) is 19.4 Å². The van der Waals surface area contributed by atoms with Gasteiger partial charge in [0.1, 0.15) is 0 Å². The van der Waals surface area contributed by atoms with Crippen molar-refractivity contribution in [1.29, 1.82) is 0 Å². The topological polar surface area (TPSA) is 55.9 Å². The highest BCUT2D eigenvalue weighted by molar-refractivity contribution is 5.12. The zero-order valence-corrected chi connectivity index (χ0v) is 9.58. The molecule has 1 heterocycles. The first kappa shape index (κ1) is 13.1. The van der Waals surface area contributed by atoms with Crippen LogP contribution in [0, 0.1) is 0 Å². The molecular weight excluding hydrogens is 214 g/mol. The number of rotatable bonds is 6. The molecule has 0 saturated heterocycles. The van der Waals surface area contributed by atoms with E-state index < -0.39 is 12.5 Å². The number of nitrogens with zero attached hydrogens (tertiary/aromatic N) is 2. The van der Waals surface area contributed by atoms with Gasteiger partial charge in [0.15, 0.2) is 0 Å². The maximum atomic E-state index is 12.5. The van der Waals surface area contributed by atoms with E-state index in [1.54, 1.807) is 4.68 Å². The second-order valence-corrected chi connectivity index (χ2v) is 3.61. The maximum Gasteiger partial charge on any atom is 0.255 e. The van der Waals surface area contributed by atoms with Crippen LogP contribution in [0.2, 0.25) is 0 Å². The lowest BCUT2D eigenvalue weighted by Gasteiger charge is -2.14. The fraction of sp³-hybridized carbons (Fsp3) is 0.700. The standard InChI is InChI=1S/C10H18F2N4/c1-3-7-5-8(16(4-2)15-7)6-9(14-13)10(11)12/h5,9-10,14H,3-4,6,13H2,1-2H3. The van der Waals surface area contributed by atoms with Crippen LogP contribution in [0.15, 0.2) is 6.07 Å². The third kappa shape index (κ3) is 2.99. The van der Waals surface area contributed by atoms with E-state index in [-0.39, 0.29) is 6.42 Å². The van der Waals surface area contributed by atoms with Gasteiger partial charge in [0.2, 0.25) is 0 Å². The molecule has 0 aliphatic rings. The Kier molecular flexibility index (Phi) is 4.82. The number of nitrogens with two attached hydrogens (primary N) is 1. The van der Waals surface area contributed by atoms with Crippen molar-refractivity contribution in [3.63, 3.8) is 0 Å². The molecule has 0 bridgehead atoms. The molecule has 1 unspecified atom stereocenters. The Hall–Kier alpha value is -1.01. The average Bonchev–Trinajstić information content (AvgIpc) is 2.67. The van der Waals surface area contributed by atoms with Gasteiger partial charge >= 0.3 is 0 Å². The van der Waals surface area contributed by atoms with E-state index in [0.717, 1.165) is 17.8 Å². The van der Waals surface area contributed by atoms with Gasteiger partial charge < -0.3 is 0 Å². The fourth-order valence-corrected chi connectivity index (χ4v) is 1.57. The highest BCUT2D eigenvalue weighted by atomic mass is 19.3. The highest BCUT2D eigenvalue weighted by Crippen LogP contribution is 2.11. The van der Waals surface area contributed by atoms with Crippen molar-refractivity contribution in [2.24, 2.45) is 5.84 Å². The van der Waals surface area contributed by atoms with Crippen LogP contribution in [0.3, 0.4) is 0 Å². The molecule has 0 saturated carbocycles. The molecular formula is C10H18F2N4. The molecule has 92 valence electrons. The Morgan fingerprint density at radius 1 is 1.50 bits per heavy atom. The average molecular weight is 232 g/mol. The monoisotopic (exact) mass is 232 g/mol. The molecule has 0 fully saturated rings. The first-order valence-corrected chi connectivity index (χ1v) is 5.42. The number of hydrogen-bond donors (Lipinski definition) is 2. The highest BCUT2D eigenvalue weighted by Gasteiger charge is 2.21. The van der Waals surface area contributed by atoms with Crippen molar-refractivity contribution in [2.45, 2.75) is 45.7 Å². The molecule has 1 aromatic rings. The number of hydrogen-bond acceptors (Lipinski definition) is 3. The Balaban J connectivity index is 2.81. The van der Waals surface area contributed by atoms with Crippen LogP contribution >= 0.6 is 0 Å². The van der Waals surface area contributed by atoms with Crippen molar-refractivity contribution in [1.82, 2.24) is 15.2 Å². The molecule has 1 aromatic heterocycles. The second kappa shape index (κ2) is 5.91. The summed E-state index contributed by atoms with van der Waals surface area (Å²) in [5, 5.41) is 4.30. The summed E-state index contributed by atoms with van der Waals surface area (Å²) in [5.74, 6) is 5.09. The van der Waals surface area contributed by atoms with Crippen LogP contribution in [0.25, 0.3) is 0 Å². The molecule has 1 atom stereocenters. The van der Waals surface area contributed by atoms with Gasteiger partial charge in [0.25, 0.3) is 6.43 Å². The minimum atomic E-state index is -2.48. The molecule has 0 aliphatic heterocycles. The Bertz CT molecular complexity index is 325. The van der Waals surface area contributed by atoms with Crippen molar-refractivity contribution < 1.29 is 8.78 Å². The summed E-state index contributed by atoms with van der Waals surface area (Å²) in [6.45, 7) is 4.59. The maximum absolute atomic E-state index is 12.5. The summed E-state index contributed by atoms with van der Waals surface area (Å²) in [7, 11) is 0. The van der Waals surface area contributed by atoms with E-state index >= 15 is 0 Å². The molecule has 16 heavy (non-hydrogen) atoms. The SMILES string of the molecule is CCc1cc(CC(NN)C(F)F)n(CC)n1. The first-order valence-electron chi connectivity index (χ1n) is 5.42. The van der Waals surface area contributed by atoms with Crippen molar-refractivity contribution in [3.05, 3.63) is 17.5 Å². The van der Waals surface area contributed by atoms with Crippen LogP contribution in [0.4, 0.5) is 8.78 Å².